The maximum absolute atomic E-state index is 12.3. The maximum Gasteiger partial charge on any atom is 0.238 e. The minimum atomic E-state index is -3.80. The molecule has 2 rings (SSSR count). The van der Waals surface area contributed by atoms with Crippen molar-refractivity contribution in [1.82, 2.24) is 10.3 Å². The lowest BCUT2D eigenvalue weighted by atomic mass is 10.2. The van der Waals surface area contributed by atoms with Crippen LogP contribution in [0.15, 0.2) is 53.7 Å². The molecule has 1 unspecified atom stereocenters. The molecule has 0 saturated heterocycles. The number of methoxy groups -OCH3 is 1. The van der Waals surface area contributed by atoms with E-state index in [9.17, 15) is 13.2 Å². The quantitative estimate of drug-likeness (QED) is 0.867. The molecule has 0 aliphatic rings. The summed E-state index contributed by atoms with van der Waals surface area (Å²) in [6, 6.07) is 11.8. The molecule has 1 heterocycles. The number of nitrogens with one attached hydrogen (secondary N) is 1. The molecular weight excluding hydrogens is 316 g/mol. The van der Waals surface area contributed by atoms with Crippen LogP contribution in [-0.2, 0) is 21.2 Å². The largest absolute Gasteiger partial charge is 0.497 e. The first-order valence-electron chi connectivity index (χ1n) is 7.00. The van der Waals surface area contributed by atoms with Crippen molar-refractivity contribution in [3.05, 3.63) is 54.2 Å². The highest BCUT2D eigenvalue weighted by Crippen LogP contribution is 2.14. The first kappa shape index (κ1) is 17.0. The van der Waals surface area contributed by atoms with Gasteiger partial charge >= 0.3 is 0 Å². The summed E-state index contributed by atoms with van der Waals surface area (Å²) < 4.78 is 29.8. The van der Waals surface area contributed by atoms with Gasteiger partial charge in [0.15, 0.2) is 5.03 Å². The first-order chi connectivity index (χ1) is 10.9. The summed E-state index contributed by atoms with van der Waals surface area (Å²) in [5, 5.41) is 1.30. The zero-order chi connectivity index (χ0) is 16.9. The number of amides is 1. The molecule has 1 atom stereocenters. The highest BCUT2D eigenvalue weighted by molar-refractivity contribution is 7.92. The minimum absolute atomic E-state index is 0.107. The van der Waals surface area contributed by atoms with Gasteiger partial charge in [0.2, 0.25) is 15.7 Å². The van der Waals surface area contributed by atoms with Gasteiger partial charge in [0, 0.05) is 12.7 Å². The van der Waals surface area contributed by atoms with Crippen LogP contribution in [0.4, 0.5) is 0 Å². The average molecular weight is 334 g/mol. The smallest absolute Gasteiger partial charge is 0.238 e. The summed E-state index contributed by atoms with van der Waals surface area (Å²) in [5.74, 6) is 0.101. The van der Waals surface area contributed by atoms with Crippen LogP contribution in [0, 0.1) is 0 Å². The Bertz CT molecular complexity index is 776. The van der Waals surface area contributed by atoms with Crippen molar-refractivity contribution >= 4 is 15.7 Å². The summed E-state index contributed by atoms with van der Waals surface area (Å²) in [7, 11) is -2.25. The number of hydrogen-bond donors (Lipinski definition) is 1. The summed E-state index contributed by atoms with van der Waals surface area (Å²) in [6.45, 7) is 1.57. The van der Waals surface area contributed by atoms with Gasteiger partial charge < -0.3 is 10.1 Å². The van der Waals surface area contributed by atoms with Gasteiger partial charge in [0.25, 0.3) is 0 Å². The molecule has 122 valence electrons. The molecule has 1 aromatic carbocycles. The summed E-state index contributed by atoms with van der Waals surface area (Å²) in [5.41, 5.74) is 0.820. The summed E-state index contributed by atoms with van der Waals surface area (Å²) in [4.78, 5) is 16.0. The number of rotatable bonds is 6. The minimum Gasteiger partial charge on any atom is -0.497 e. The predicted molar refractivity (Wildman–Crippen MR) is 85.7 cm³/mol. The van der Waals surface area contributed by atoms with Crippen molar-refractivity contribution < 1.29 is 17.9 Å². The number of benzene rings is 1. The van der Waals surface area contributed by atoms with Crippen molar-refractivity contribution in [2.24, 2.45) is 0 Å². The fraction of sp³-hybridized carbons (Fsp3) is 0.250. The lowest BCUT2D eigenvalue weighted by molar-refractivity contribution is -0.120. The zero-order valence-electron chi connectivity index (χ0n) is 12.9. The second-order valence-corrected chi connectivity index (χ2v) is 7.14. The molecule has 7 heteroatoms. The molecule has 23 heavy (non-hydrogen) atoms. The van der Waals surface area contributed by atoms with Gasteiger partial charge in [-0.2, -0.15) is 0 Å². The Morgan fingerprint density at radius 2 is 2.04 bits per heavy atom. The molecule has 0 fully saturated rings. The van der Waals surface area contributed by atoms with Crippen LogP contribution in [0.25, 0.3) is 0 Å². The van der Waals surface area contributed by atoms with Crippen LogP contribution < -0.4 is 10.1 Å². The van der Waals surface area contributed by atoms with Crippen molar-refractivity contribution in [3.8, 4) is 5.75 Å². The monoisotopic (exact) mass is 334 g/mol. The molecule has 0 bridgehead atoms. The first-order valence-corrected chi connectivity index (χ1v) is 8.55. The fourth-order valence-electron chi connectivity index (χ4n) is 1.95. The Labute approximate surface area is 135 Å². The third-order valence-electron chi connectivity index (χ3n) is 3.36. The second-order valence-electron chi connectivity index (χ2n) is 4.92. The van der Waals surface area contributed by atoms with E-state index in [0.717, 1.165) is 5.56 Å². The van der Waals surface area contributed by atoms with Crippen molar-refractivity contribution in [2.75, 3.05) is 7.11 Å². The average Bonchev–Trinajstić information content (AvgIpc) is 2.59. The Hall–Kier alpha value is -2.41. The molecule has 1 aromatic heterocycles. The molecule has 2 aromatic rings. The SMILES string of the molecule is COc1cccc(CNC(=O)C(C)S(=O)(=O)c2ccccn2)c1. The van der Waals surface area contributed by atoms with Crippen molar-refractivity contribution in [3.63, 3.8) is 0 Å². The van der Waals surface area contributed by atoms with Gasteiger partial charge in [-0.25, -0.2) is 13.4 Å². The van der Waals surface area contributed by atoms with E-state index in [0.29, 0.717) is 5.75 Å². The van der Waals surface area contributed by atoms with Crippen LogP contribution in [-0.4, -0.2) is 31.7 Å². The molecule has 1 N–H and O–H groups in total. The van der Waals surface area contributed by atoms with Gasteiger partial charge in [-0.15, -0.1) is 0 Å². The van der Waals surface area contributed by atoms with Crippen LogP contribution in [0.2, 0.25) is 0 Å². The number of ether oxygens (including phenoxy) is 1. The third-order valence-corrected chi connectivity index (χ3v) is 5.33. The Morgan fingerprint density at radius 3 is 2.70 bits per heavy atom. The molecule has 0 aliphatic heterocycles. The fourth-order valence-corrected chi connectivity index (χ4v) is 3.16. The Kier molecular flexibility index (Phi) is 5.33. The van der Waals surface area contributed by atoms with Gasteiger partial charge in [-0.05, 0) is 36.8 Å². The lowest BCUT2D eigenvalue weighted by Crippen LogP contribution is -2.37. The highest BCUT2D eigenvalue weighted by Gasteiger charge is 2.30. The van der Waals surface area contributed by atoms with E-state index < -0.39 is 21.0 Å². The van der Waals surface area contributed by atoms with Crippen LogP contribution in [0.5, 0.6) is 5.75 Å². The molecule has 0 radical (unpaired) electrons. The zero-order valence-corrected chi connectivity index (χ0v) is 13.7. The van der Waals surface area contributed by atoms with E-state index in [2.05, 4.69) is 10.3 Å². The van der Waals surface area contributed by atoms with Gasteiger partial charge in [0.05, 0.1) is 7.11 Å². The Balaban J connectivity index is 2.05. The molecule has 1 amide bonds. The van der Waals surface area contributed by atoms with E-state index in [-0.39, 0.29) is 11.6 Å². The second kappa shape index (κ2) is 7.23. The van der Waals surface area contributed by atoms with E-state index in [4.69, 9.17) is 4.74 Å². The number of sulfone groups is 1. The highest BCUT2D eigenvalue weighted by atomic mass is 32.2. The number of aromatic nitrogens is 1. The predicted octanol–water partition coefficient (Wildman–Crippen LogP) is 1.57. The number of hydrogen-bond acceptors (Lipinski definition) is 5. The summed E-state index contributed by atoms with van der Waals surface area (Å²) >= 11 is 0. The molecule has 6 nitrogen and oxygen atoms in total. The lowest BCUT2D eigenvalue weighted by Gasteiger charge is -2.13. The van der Waals surface area contributed by atoms with Crippen LogP contribution >= 0.6 is 0 Å². The molecular formula is C16H18N2O4S. The van der Waals surface area contributed by atoms with Crippen LogP contribution in [0.1, 0.15) is 12.5 Å². The van der Waals surface area contributed by atoms with E-state index in [1.807, 2.05) is 6.07 Å². The third kappa shape index (κ3) is 4.07. The van der Waals surface area contributed by atoms with E-state index >= 15 is 0 Å². The normalized spacial score (nSPS) is 12.4. The standard InChI is InChI=1S/C16H18N2O4S/c1-12(23(20,21)15-8-3-4-9-17-15)16(19)18-11-13-6-5-7-14(10-13)22-2/h3-10,12H,11H2,1-2H3,(H,18,19). The van der Waals surface area contributed by atoms with E-state index in [1.54, 1.807) is 37.4 Å². The maximum atomic E-state index is 12.3. The molecule has 0 aliphatic carbocycles. The van der Waals surface area contributed by atoms with Crippen LogP contribution in [0.3, 0.4) is 0 Å². The van der Waals surface area contributed by atoms with Gasteiger partial charge in [0.1, 0.15) is 11.0 Å². The number of carbonyl (C=O) groups is 1. The number of nitrogens with zero attached hydrogens (tertiary/aromatic N) is 1. The Morgan fingerprint density at radius 1 is 1.26 bits per heavy atom. The summed E-state index contributed by atoms with van der Waals surface area (Å²) in [6.07, 6.45) is 1.38. The van der Waals surface area contributed by atoms with Gasteiger partial charge in [-0.1, -0.05) is 18.2 Å². The van der Waals surface area contributed by atoms with Crippen molar-refractivity contribution in [1.29, 1.82) is 0 Å². The van der Waals surface area contributed by atoms with Gasteiger partial charge in [-0.3, -0.25) is 4.79 Å². The number of pyridine rings is 1. The van der Waals surface area contributed by atoms with E-state index in [1.165, 1.54) is 19.2 Å². The molecule has 0 spiro atoms. The topological polar surface area (TPSA) is 85.4 Å². The molecule has 0 saturated carbocycles. The van der Waals surface area contributed by atoms with Crippen molar-refractivity contribution in [2.45, 2.75) is 23.7 Å². The number of carbonyl (C=O) groups excluding carboxylic acids is 1.